The number of para-hydroxylation sites is 1. The molecule has 8 heteroatoms. The van der Waals surface area contributed by atoms with E-state index in [2.05, 4.69) is 10.5 Å². The summed E-state index contributed by atoms with van der Waals surface area (Å²) >= 11 is 5.89. The van der Waals surface area contributed by atoms with E-state index >= 15 is 0 Å². The first-order valence-electron chi connectivity index (χ1n) is 8.83. The number of amides is 1. The average Bonchev–Trinajstić information content (AvgIpc) is 3.05. The first-order chi connectivity index (χ1) is 14.0. The van der Waals surface area contributed by atoms with E-state index in [1.165, 1.54) is 7.11 Å². The van der Waals surface area contributed by atoms with Crippen LogP contribution in [0.2, 0.25) is 5.22 Å². The van der Waals surface area contributed by atoms with Gasteiger partial charge in [-0.25, -0.2) is 0 Å². The molecule has 0 saturated carbocycles. The van der Waals surface area contributed by atoms with Crippen molar-refractivity contribution < 1.29 is 23.6 Å². The molecule has 3 aromatic rings. The van der Waals surface area contributed by atoms with Crippen molar-refractivity contribution in [2.75, 3.05) is 12.4 Å². The van der Waals surface area contributed by atoms with Crippen LogP contribution in [0, 0.1) is 6.92 Å². The van der Waals surface area contributed by atoms with Gasteiger partial charge in [0.25, 0.3) is 5.91 Å². The predicted octanol–water partition coefficient (Wildman–Crippen LogP) is 4.44. The highest BCUT2D eigenvalue weighted by molar-refractivity contribution is 6.29. The smallest absolute Gasteiger partial charge is 0.311 e. The minimum atomic E-state index is -0.410. The second-order valence-corrected chi connectivity index (χ2v) is 6.52. The second-order valence-electron chi connectivity index (χ2n) is 6.17. The van der Waals surface area contributed by atoms with Gasteiger partial charge in [-0.1, -0.05) is 17.3 Å². The van der Waals surface area contributed by atoms with Crippen molar-refractivity contribution in [3.63, 3.8) is 0 Å². The summed E-state index contributed by atoms with van der Waals surface area (Å²) in [5, 5.41) is 6.71. The quantitative estimate of drug-likeness (QED) is 0.454. The van der Waals surface area contributed by atoms with Crippen molar-refractivity contribution in [2.45, 2.75) is 19.8 Å². The maximum absolute atomic E-state index is 12.4. The van der Waals surface area contributed by atoms with Crippen molar-refractivity contribution >= 4 is 29.2 Å². The Morgan fingerprint density at radius 3 is 2.52 bits per heavy atom. The number of carbonyl (C=O) groups excluding carboxylic acids is 2. The van der Waals surface area contributed by atoms with Crippen molar-refractivity contribution in [2.24, 2.45) is 0 Å². The van der Waals surface area contributed by atoms with Crippen LogP contribution < -0.4 is 14.8 Å². The van der Waals surface area contributed by atoms with Gasteiger partial charge in [0.15, 0.2) is 0 Å². The highest BCUT2D eigenvalue weighted by Gasteiger charge is 2.14. The molecule has 0 aliphatic carbocycles. The van der Waals surface area contributed by atoms with E-state index in [-0.39, 0.29) is 17.5 Å². The summed E-state index contributed by atoms with van der Waals surface area (Å²) in [5.41, 5.74) is 2.33. The maximum atomic E-state index is 12.4. The minimum Gasteiger partial charge on any atom is -0.496 e. The van der Waals surface area contributed by atoms with E-state index in [4.69, 9.17) is 25.6 Å². The van der Waals surface area contributed by atoms with Crippen LogP contribution >= 0.6 is 11.6 Å². The zero-order valence-electron chi connectivity index (χ0n) is 15.9. The molecule has 0 saturated heterocycles. The summed E-state index contributed by atoms with van der Waals surface area (Å²) in [5.74, 6) is 0.151. The molecule has 150 valence electrons. The fourth-order valence-corrected chi connectivity index (χ4v) is 2.95. The Morgan fingerprint density at radius 2 is 1.86 bits per heavy atom. The molecule has 0 fully saturated rings. The Labute approximate surface area is 172 Å². The van der Waals surface area contributed by atoms with E-state index < -0.39 is 5.97 Å². The normalized spacial score (nSPS) is 10.4. The first-order valence-corrected chi connectivity index (χ1v) is 9.21. The molecule has 0 aliphatic heterocycles. The van der Waals surface area contributed by atoms with E-state index in [9.17, 15) is 9.59 Å². The molecule has 29 heavy (non-hydrogen) atoms. The third-order valence-electron chi connectivity index (χ3n) is 4.21. The first kappa shape index (κ1) is 20.4. The van der Waals surface area contributed by atoms with Crippen LogP contribution in [0.5, 0.6) is 11.5 Å². The molecule has 0 spiro atoms. The van der Waals surface area contributed by atoms with E-state index in [0.29, 0.717) is 40.4 Å². The van der Waals surface area contributed by atoms with Gasteiger partial charge in [0.1, 0.15) is 11.5 Å². The number of nitrogens with zero attached hydrogens (tertiary/aromatic N) is 1. The van der Waals surface area contributed by atoms with Gasteiger partial charge in [-0.15, -0.1) is 0 Å². The minimum absolute atomic E-state index is 0.133. The number of aryl methyl sites for hydroxylation is 1. The molecule has 1 amide bonds. The fraction of sp³-hybridized carbons (Fsp3) is 0.190. The van der Waals surface area contributed by atoms with Gasteiger partial charge in [-0.2, -0.15) is 0 Å². The number of nitrogens with one attached hydrogen (secondary N) is 1. The number of ether oxygens (including phenoxy) is 2. The topological polar surface area (TPSA) is 90.7 Å². The fourth-order valence-electron chi connectivity index (χ4n) is 2.69. The number of benzene rings is 2. The van der Waals surface area contributed by atoms with Gasteiger partial charge < -0.3 is 19.3 Å². The number of hydrogen-bond acceptors (Lipinski definition) is 6. The molecule has 3 rings (SSSR count). The monoisotopic (exact) mass is 414 g/mol. The van der Waals surface area contributed by atoms with Crippen LogP contribution in [-0.2, 0) is 11.2 Å². The van der Waals surface area contributed by atoms with Gasteiger partial charge in [0.05, 0.1) is 24.8 Å². The number of halogens is 1. The molecular formula is C21H19ClN2O5. The lowest BCUT2D eigenvalue weighted by Crippen LogP contribution is -2.13. The summed E-state index contributed by atoms with van der Waals surface area (Å²) < 4.78 is 15.4. The molecule has 0 unspecified atom stereocenters. The van der Waals surface area contributed by atoms with Crippen molar-refractivity contribution in [3.05, 3.63) is 70.6 Å². The van der Waals surface area contributed by atoms with E-state index in [1.54, 1.807) is 55.5 Å². The number of methoxy groups -OCH3 is 1. The van der Waals surface area contributed by atoms with E-state index in [0.717, 1.165) is 0 Å². The lowest BCUT2D eigenvalue weighted by atomic mass is 10.1. The third-order valence-corrected chi connectivity index (χ3v) is 4.51. The van der Waals surface area contributed by atoms with Gasteiger partial charge in [0.2, 0.25) is 5.22 Å². The lowest BCUT2D eigenvalue weighted by Gasteiger charge is -2.10. The van der Waals surface area contributed by atoms with Crippen LogP contribution in [0.4, 0.5) is 5.69 Å². The summed E-state index contributed by atoms with van der Waals surface area (Å²) in [6.45, 7) is 1.76. The largest absolute Gasteiger partial charge is 0.496 e. The van der Waals surface area contributed by atoms with Crippen molar-refractivity contribution in [3.8, 4) is 11.5 Å². The molecular weight excluding hydrogens is 396 g/mol. The Balaban J connectivity index is 1.56. The van der Waals surface area contributed by atoms with Gasteiger partial charge >= 0.3 is 5.97 Å². The summed E-state index contributed by atoms with van der Waals surface area (Å²) in [6, 6.07) is 13.4. The number of carbonyl (C=O) groups is 2. The number of aromatic nitrogens is 1. The van der Waals surface area contributed by atoms with Crippen LogP contribution in [-0.4, -0.2) is 24.1 Å². The lowest BCUT2D eigenvalue weighted by molar-refractivity contribution is -0.134. The van der Waals surface area contributed by atoms with Crippen LogP contribution in [0.15, 0.2) is 53.1 Å². The SMILES string of the molecule is COc1ccccc1C(=O)Nc1ccc(OC(=O)CCc2c(C)noc2Cl)cc1. The second kappa shape index (κ2) is 9.25. The average molecular weight is 415 g/mol. The Bertz CT molecular complexity index is 995. The molecule has 7 nitrogen and oxygen atoms in total. The van der Waals surface area contributed by atoms with E-state index in [1.807, 2.05) is 0 Å². The Morgan fingerprint density at radius 1 is 1.14 bits per heavy atom. The number of anilines is 1. The zero-order chi connectivity index (χ0) is 20.8. The van der Waals surface area contributed by atoms with Crippen molar-refractivity contribution in [1.82, 2.24) is 5.16 Å². The molecule has 1 aromatic heterocycles. The van der Waals surface area contributed by atoms with Gasteiger partial charge in [0, 0.05) is 11.3 Å². The molecule has 1 heterocycles. The van der Waals surface area contributed by atoms with Crippen LogP contribution in [0.3, 0.4) is 0 Å². The third kappa shape index (κ3) is 5.14. The number of esters is 1. The molecule has 0 bridgehead atoms. The molecule has 1 N–H and O–H groups in total. The highest BCUT2D eigenvalue weighted by atomic mass is 35.5. The molecule has 2 aromatic carbocycles. The molecule has 0 aliphatic rings. The predicted molar refractivity (Wildman–Crippen MR) is 108 cm³/mol. The van der Waals surface area contributed by atoms with Gasteiger partial charge in [-0.3, -0.25) is 9.59 Å². The van der Waals surface area contributed by atoms with Crippen molar-refractivity contribution in [1.29, 1.82) is 0 Å². The maximum Gasteiger partial charge on any atom is 0.311 e. The Kier molecular flexibility index (Phi) is 6.51. The molecule has 0 radical (unpaired) electrons. The number of hydrogen-bond donors (Lipinski definition) is 1. The summed E-state index contributed by atoms with van der Waals surface area (Å²) in [4.78, 5) is 24.5. The molecule has 0 atom stereocenters. The van der Waals surface area contributed by atoms with Crippen LogP contribution in [0.1, 0.15) is 28.0 Å². The Hall–Kier alpha value is -3.32. The standard InChI is InChI=1S/C21H19ClN2O5/c1-13-16(20(22)29-24-13)11-12-19(25)28-15-9-7-14(8-10-15)23-21(26)17-5-3-4-6-18(17)27-2/h3-10H,11-12H2,1-2H3,(H,23,26). The highest BCUT2D eigenvalue weighted by Crippen LogP contribution is 2.23. The van der Waals surface area contributed by atoms with Crippen LogP contribution in [0.25, 0.3) is 0 Å². The number of rotatable bonds is 7. The van der Waals surface area contributed by atoms with Gasteiger partial charge in [-0.05, 0) is 61.3 Å². The summed E-state index contributed by atoms with van der Waals surface area (Å²) in [6.07, 6.45) is 0.508. The zero-order valence-corrected chi connectivity index (χ0v) is 16.7. The summed E-state index contributed by atoms with van der Waals surface area (Å²) in [7, 11) is 1.51.